The van der Waals surface area contributed by atoms with E-state index < -0.39 is 0 Å². The molecular weight excluding hydrogens is 310 g/mol. The topological polar surface area (TPSA) is 35.6 Å². The number of likely N-dealkylation sites (tertiary alicyclic amines) is 1. The summed E-state index contributed by atoms with van der Waals surface area (Å²) >= 11 is 0. The minimum absolute atomic E-state index is 0. The van der Waals surface area contributed by atoms with E-state index in [2.05, 4.69) is 46.4 Å². The molecular formula is C18H26ClN3O. The summed E-state index contributed by atoms with van der Waals surface area (Å²) < 4.78 is 0. The van der Waals surface area contributed by atoms with Crippen molar-refractivity contribution in [3.05, 3.63) is 35.4 Å². The molecule has 2 fully saturated rings. The van der Waals surface area contributed by atoms with Crippen molar-refractivity contribution >= 4 is 18.3 Å². The van der Waals surface area contributed by atoms with E-state index in [1.807, 2.05) is 0 Å². The summed E-state index contributed by atoms with van der Waals surface area (Å²) in [5, 5.41) is 3.44. The van der Waals surface area contributed by atoms with Crippen LogP contribution in [0.3, 0.4) is 0 Å². The molecule has 0 aromatic heterocycles. The van der Waals surface area contributed by atoms with Crippen molar-refractivity contribution in [1.29, 1.82) is 0 Å². The van der Waals surface area contributed by atoms with E-state index in [9.17, 15) is 4.79 Å². The third kappa shape index (κ3) is 3.12. The van der Waals surface area contributed by atoms with Gasteiger partial charge in [-0.05, 0) is 43.9 Å². The Morgan fingerprint density at radius 2 is 1.87 bits per heavy atom. The lowest BCUT2D eigenvalue weighted by Crippen LogP contribution is -2.51. The zero-order chi connectivity index (χ0) is 15.1. The Morgan fingerprint density at radius 1 is 1.13 bits per heavy atom. The molecule has 3 aliphatic rings. The molecule has 3 unspecified atom stereocenters. The average Bonchev–Trinajstić information content (AvgIpc) is 2.79. The molecule has 1 aromatic rings. The van der Waals surface area contributed by atoms with Gasteiger partial charge in [-0.25, -0.2) is 0 Å². The fourth-order valence-corrected chi connectivity index (χ4v) is 4.36. The first-order valence-corrected chi connectivity index (χ1v) is 8.53. The maximum atomic E-state index is 12.9. The Morgan fingerprint density at radius 3 is 2.70 bits per heavy atom. The van der Waals surface area contributed by atoms with Crippen molar-refractivity contribution in [2.45, 2.75) is 50.4 Å². The molecule has 0 radical (unpaired) electrons. The van der Waals surface area contributed by atoms with E-state index in [0.29, 0.717) is 18.0 Å². The van der Waals surface area contributed by atoms with Crippen LogP contribution in [0.2, 0.25) is 0 Å². The number of halogens is 1. The smallest absolute Gasteiger partial charge is 0.240 e. The minimum atomic E-state index is -0.0446. The van der Waals surface area contributed by atoms with Gasteiger partial charge in [0.1, 0.15) is 0 Å². The van der Waals surface area contributed by atoms with Crippen LogP contribution in [0.5, 0.6) is 0 Å². The third-order valence-electron chi connectivity index (χ3n) is 5.84. The number of nitrogens with zero attached hydrogens (tertiary/aromatic N) is 2. The molecule has 5 heteroatoms. The molecule has 0 saturated carbocycles. The number of benzene rings is 1. The summed E-state index contributed by atoms with van der Waals surface area (Å²) in [7, 11) is 2.23. The minimum Gasteiger partial charge on any atom is -0.340 e. The van der Waals surface area contributed by atoms with Crippen LogP contribution in [0.15, 0.2) is 24.3 Å². The molecule has 4 nitrogen and oxygen atoms in total. The number of nitrogens with one attached hydrogen (secondary N) is 1. The van der Waals surface area contributed by atoms with Gasteiger partial charge in [-0.3, -0.25) is 9.69 Å². The third-order valence-corrected chi connectivity index (χ3v) is 5.84. The summed E-state index contributed by atoms with van der Waals surface area (Å²) in [4.78, 5) is 17.6. The van der Waals surface area contributed by atoms with Gasteiger partial charge in [-0.2, -0.15) is 0 Å². The molecule has 2 bridgehead atoms. The summed E-state index contributed by atoms with van der Waals surface area (Å²) in [6.07, 6.45) is 4.50. The zero-order valence-electron chi connectivity index (χ0n) is 13.7. The SMILES string of the molecule is CN1C2CCC1CN(C(=O)C1Cc3ccccc3CN1)CC2.Cl. The van der Waals surface area contributed by atoms with Gasteiger partial charge in [0.05, 0.1) is 6.04 Å². The predicted molar refractivity (Wildman–Crippen MR) is 93.8 cm³/mol. The highest BCUT2D eigenvalue weighted by atomic mass is 35.5. The number of rotatable bonds is 1. The monoisotopic (exact) mass is 335 g/mol. The van der Waals surface area contributed by atoms with Crippen molar-refractivity contribution in [2.24, 2.45) is 0 Å². The maximum Gasteiger partial charge on any atom is 0.240 e. The van der Waals surface area contributed by atoms with Gasteiger partial charge in [0, 0.05) is 31.7 Å². The Labute approximate surface area is 144 Å². The van der Waals surface area contributed by atoms with Gasteiger partial charge in [0.25, 0.3) is 0 Å². The van der Waals surface area contributed by atoms with E-state index in [0.717, 1.165) is 32.5 Å². The van der Waals surface area contributed by atoms with Crippen LogP contribution >= 0.6 is 12.4 Å². The fraction of sp³-hybridized carbons (Fsp3) is 0.611. The zero-order valence-corrected chi connectivity index (χ0v) is 14.5. The van der Waals surface area contributed by atoms with E-state index >= 15 is 0 Å². The van der Waals surface area contributed by atoms with Gasteiger partial charge in [0.15, 0.2) is 0 Å². The summed E-state index contributed by atoms with van der Waals surface area (Å²) in [6.45, 7) is 2.64. The molecule has 3 atom stereocenters. The first-order valence-electron chi connectivity index (χ1n) is 8.53. The van der Waals surface area contributed by atoms with Crippen molar-refractivity contribution < 1.29 is 4.79 Å². The molecule has 2 saturated heterocycles. The number of likely N-dealkylation sites (N-methyl/N-ethyl adjacent to an activating group) is 1. The molecule has 0 aliphatic carbocycles. The lowest BCUT2D eigenvalue weighted by atomic mass is 9.95. The van der Waals surface area contributed by atoms with Crippen LogP contribution in [0.4, 0.5) is 0 Å². The second kappa shape index (κ2) is 6.80. The normalized spacial score (nSPS) is 30.3. The molecule has 126 valence electrons. The highest BCUT2D eigenvalue weighted by Gasteiger charge is 2.37. The number of hydrogen-bond donors (Lipinski definition) is 1. The number of carbonyl (C=O) groups excluding carboxylic acids is 1. The van der Waals surface area contributed by atoms with Gasteiger partial charge >= 0.3 is 0 Å². The number of hydrogen-bond acceptors (Lipinski definition) is 3. The summed E-state index contributed by atoms with van der Waals surface area (Å²) in [5.74, 6) is 0.301. The quantitative estimate of drug-likeness (QED) is 0.850. The van der Waals surface area contributed by atoms with Gasteiger partial charge in [-0.1, -0.05) is 24.3 Å². The van der Waals surface area contributed by atoms with E-state index in [1.165, 1.54) is 24.0 Å². The van der Waals surface area contributed by atoms with Crippen molar-refractivity contribution in [2.75, 3.05) is 20.1 Å². The Bertz CT molecular complexity index is 579. The molecule has 23 heavy (non-hydrogen) atoms. The van der Waals surface area contributed by atoms with E-state index in [-0.39, 0.29) is 18.4 Å². The van der Waals surface area contributed by atoms with Crippen LogP contribution in [-0.2, 0) is 17.8 Å². The van der Waals surface area contributed by atoms with E-state index in [4.69, 9.17) is 0 Å². The second-order valence-corrected chi connectivity index (χ2v) is 7.03. The first-order chi connectivity index (χ1) is 10.7. The molecule has 0 spiro atoms. The van der Waals surface area contributed by atoms with E-state index in [1.54, 1.807) is 0 Å². The van der Waals surface area contributed by atoms with Crippen LogP contribution in [0, 0.1) is 0 Å². The van der Waals surface area contributed by atoms with Crippen LogP contribution < -0.4 is 5.32 Å². The van der Waals surface area contributed by atoms with Crippen LogP contribution in [-0.4, -0.2) is 54.0 Å². The largest absolute Gasteiger partial charge is 0.340 e. The highest BCUT2D eigenvalue weighted by Crippen LogP contribution is 2.29. The molecule has 1 aromatic carbocycles. The molecule has 1 N–H and O–H groups in total. The molecule has 3 heterocycles. The Balaban J connectivity index is 0.00000156. The van der Waals surface area contributed by atoms with Crippen LogP contribution in [0.25, 0.3) is 0 Å². The Kier molecular flexibility index (Phi) is 4.95. The second-order valence-electron chi connectivity index (χ2n) is 7.03. The van der Waals surface area contributed by atoms with Crippen LogP contribution in [0.1, 0.15) is 30.4 Å². The highest BCUT2D eigenvalue weighted by molar-refractivity contribution is 5.85. The van der Waals surface area contributed by atoms with Crippen molar-refractivity contribution in [1.82, 2.24) is 15.1 Å². The molecule has 1 amide bonds. The van der Waals surface area contributed by atoms with Gasteiger partial charge in [-0.15, -0.1) is 12.4 Å². The number of fused-ring (bicyclic) bond motifs is 3. The van der Waals surface area contributed by atoms with Gasteiger partial charge in [0.2, 0.25) is 5.91 Å². The standard InChI is InChI=1S/C18H25N3O.ClH/c1-20-15-6-7-16(20)12-21(9-8-15)18(22)17-10-13-4-2-3-5-14(13)11-19-17;/h2-5,15-17,19H,6-12H2,1H3;1H. The lowest BCUT2D eigenvalue weighted by Gasteiger charge is -2.32. The maximum absolute atomic E-state index is 12.9. The average molecular weight is 336 g/mol. The summed E-state index contributed by atoms with van der Waals surface area (Å²) in [5.41, 5.74) is 2.66. The molecule has 3 aliphatic heterocycles. The fourth-order valence-electron chi connectivity index (χ4n) is 4.36. The first kappa shape index (κ1) is 16.7. The number of carbonyl (C=O) groups is 1. The van der Waals surface area contributed by atoms with Crippen molar-refractivity contribution in [3.8, 4) is 0 Å². The predicted octanol–water partition coefficient (Wildman–Crippen LogP) is 1.82. The molecule has 4 rings (SSSR count). The Hall–Kier alpha value is -1.10. The lowest BCUT2D eigenvalue weighted by molar-refractivity contribution is -0.134. The van der Waals surface area contributed by atoms with Crippen molar-refractivity contribution in [3.63, 3.8) is 0 Å². The number of amides is 1. The van der Waals surface area contributed by atoms with Gasteiger partial charge < -0.3 is 10.2 Å². The summed E-state index contributed by atoms with van der Waals surface area (Å²) in [6, 6.07) is 9.67.